The van der Waals surface area contributed by atoms with E-state index in [1.165, 1.54) is 0 Å². The van der Waals surface area contributed by atoms with Crippen molar-refractivity contribution >= 4 is 35.6 Å². The minimum Gasteiger partial charge on any atom is -0.340 e. The molecule has 1 aromatic rings. The third-order valence-electron chi connectivity index (χ3n) is 5.19. The Hall–Kier alpha value is -2.75. The molecule has 3 heterocycles. The molecule has 9 nitrogen and oxygen atoms in total. The second kappa shape index (κ2) is 7.25. The van der Waals surface area contributed by atoms with Crippen LogP contribution in [-0.4, -0.2) is 69.5 Å². The van der Waals surface area contributed by atoms with Crippen LogP contribution >= 0.6 is 11.8 Å². The average Bonchev–Trinajstić information content (AvgIpc) is 3.25. The van der Waals surface area contributed by atoms with E-state index in [0.29, 0.717) is 18.7 Å². The number of hydrogen-bond donors (Lipinski definition) is 3. The van der Waals surface area contributed by atoms with Gasteiger partial charge in [-0.15, -0.1) is 11.8 Å². The maximum absolute atomic E-state index is 13.0. The Morgan fingerprint density at radius 3 is 2.62 bits per heavy atom. The number of fused-ring (bicyclic) bond motifs is 1. The first-order valence-electron chi connectivity index (χ1n) is 9.46. The number of nitrogens with one attached hydrogen (secondary N) is 3. The van der Waals surface area contributed by atoms with Crippen LogP contribution in [-0.2, 0) is 9.59 Å². The molecule has 6 amide bonds. The van der Waals surface area contributed by atoms with Crippen molar-refractivity contribution in [2.24, 2.45) is 0 Å². The van der Waals surface area contributed by atoms with Crippen molar-refractivity contribution in [3.05, 3.63) is 35.9 Å². The second-order valence-electron chi connectivity index (χ2n) is 7.90. The maximum atomic E-state index is 13.0. The molecule has 154 valence electrons. The molecule has 3 fully saturated rings. The van der Waals surface area contributed by atoms with Gasteiger partial charge in [0, 0.05) is 24.4 Å². The van der Waals surface area contributed by atoms with Crippen molar-refractivity contribution in [1.82, 2.24) is 25.8 Å². The number of rotatable bonds is 4. The minimum absolute atomic E-state index is 0.0596. The lowest BCUT2D eigenvalue weighted by atomic mass is 10.0. The summed E-state index contributed by atoms with van der Waals surface area (Å²) in [6.45, 7) is 5.39. The molecular formula is C19H23N5O4S. The van der Waals surface area contributed by atoms with Crippen LogP contribution in [0.3, 0.4) is 0 Å². The van der Waals surface area contributed by atoms with Crippen LogP contribution < -0.4 is 16.0 Å². The highest BCUT2D eigenvalue weighted by molar-refractivity contribution is 8.01. The maximum Gasteiger partial charge on any atom is 0.326 e. The van der Waals surface area contributed by atoms with Gasteiger partial charge in [0.15, 0.2) is 0 Å². The molecule has 3 N–H and O–H groups in total. The zero-order valence-corrected chi connectivity index (χ0v) is 17.0. The Labute approximate surface area is 172 Å². The van der Waals surface area contributed by atoms with Gasteiger partial charge in [-0.3, -0.25) is 9.59 Å². The summed E-state index contributed by atoms with van der Waals surface area (Å²) in [6.07, 6.45) is 0. The lowest BCUT2D eigenvalue weighted by Gasteiger charge is -2.42. The predicted molar refractivity (Wildman–Crippen MR) is 107 cm³/mol. The van der Waals surface area contributed by atoms with Gasteiger partial charge in [-0.25, -0.2) is 14.5 Å². The fourth-order valence-electron chi connectivity index (χ4n) is 3.78. The topological polar surface area (TPSA) is 111 Å². The molecule has 2 unspecified atom stereocenters. The third kappa shape index (κ3) is 3.64. The van der Waals surface area contributed by atoms with Gasteiger partial charge in [0.2, 0.25) is 11.8 Å². The van der Waals surface area contributed by atoms with Crippen LogP contribution in [0.2, 0.25) is 0 Å². The van der Waals surface area contributed by atoms with Crippen LogP contribution in [0.25, 0.3) is 0 Å². The van der Waals surface area contributed by atoms with E-state index in [0.717, 1.165) is 4.90 Å². The van der Waals surface area contributed by atoms with Crippen molar-refractivity contribution in [1.29, 1.82) is 0 Å². The molecule has 0 aliphatic carbocycles. The standard InChI is InChI=1S/C19H23N5O4S/c1-19(2)10-24-15(26)13(16(24)29-19)21-14(25)12(11-6-4-3-5-7-11)22-18(28)23-9-8-20-17(23)27/h3-7,12-13,16H,8-10H2,1-2H3,(H,20,27)(H,21,25)(H,22,28)/t12?,13-,16?/m1/s1. The first-order valence-corrected chi connectivity index (χ1v) is 10.3. The van der Waals surface area contributed by atoms with Crippen molar-refractivity contribution in [2.45, 2.75) is 36.1 Å². The summed E-state index contributed by atoms with van der Waals surface area (Å²) in [6, 6.07) is 5.98. The van der Waals surface area contributed by atoms with Crippen LogP contribution in [0.15, 0.2) is 30.3 Å². The average molecular weight is 417 g/mol. The zero-order valence-electron chi connectivity index (χ0n) is 16.2. The quantitative estimate of drug-likeness (QED) is 0.623. The second-order valence-corrected chi connectivity index (χ2v) is 9.72. The van der Waals surface area contributed by atoms with E-state index in [1.54, 1.807) is 47.0 Å². The molecule has 3 aliphatic heterocycles. The van der Waals surface area contributed by atoms with Gasteiger partial charge in [-0.05, 0) is 19.4 Å². The van der Waals surface area contributed by atoms with Gasteiger partial charge < -0.3 is 20.9 Å². The summed E-state index contributed by atoms with van der Waals surface area (Å²) < 4.78 is -0.0596. The number of hydrogen-bond acceptors (Lipinski definition) is 5. The predicted octanol–water partition coefficient (Wildman–Crippen LogP) is 0.641. The highest BCUT2D eigenvalue weighted by Crippen LogP contribution is 2.46. The number of thioether (sulfide) groups is 1. The molecule has 4 rings (SSSR count). The number of urea groups is 2. The molecule has 3 saturated heterocycles. The van der Waals surface area contributed by atoms with Crippen molar-refractivity contribution in [3.63, 3.8) is 0 Å². The molecule has 0 radical (unpaired) electrons. The zero-order chi connectivity index (χ0) is 20.8. The Kier molecular flexibility index (Phi) is 4.89. The Morgan fingerprint density at radius 1 is 1.24 bits per heavy atom. The highest BCUT2D eigenvalue weighted by Gasteiger charge is 2.56. The Morgan fingerprint density at radius 2 is 1.97 bits per heavy atom. The van der Waals surface area contributed by atoms with Gasteiger partial charge in [0.25, 0.3) is 0 Å². The minimum atomic E-state index is -1.02. The SMILES string of the molecule is CC1(C)CN2C(=O)[C@@H](NC(=O)C(NC(=O)N3CCNC3=O)c3ccccc3)C2S1. The smallest absolute Gasteiger partial charge is 0.326 e. The number of β-lactam (4-membered cyclic amide) rings is 1. The summed E-state index contributed by atoms with van der Waals surface area (Å²) in [7, 11) is 0. The van der Waals surface area contributed by atoms with Gasteiger partial charge in [-0.1, -0.05) is 30.3 Å². The number of amides is 6. The molecule has 1 aromatic carbocycles. The van der Waals surface area contributed by atoms with Crippen LogP contribution in [0, 0.1) is 0 Å². The number of nitrogens with zero attached hydrogens (tertiary/aromatic N) is 2. The van der Waals surface area contributed by atoms with Crippen molar-refractivity contribution < 1.29 is 19.2 Å². The summed E-state index contributed by atoms with van der Waals surface area (Å²) >= 11 is 1.66. The first kappa shape index (κ1) is 19.6. The van der Waals surface area contributed by atoms with E-state index in [2.05, 4.69) is 29.8 Å². The highest BCUT2D eigenvalue weighted by atomic mass is 32.2. The van der Waals surface area contributed by atoms with Gasteiger partial charge in [-0.2, -0.15) is 0 Å². The fourth-order valence-corrected chi connectivity index (χ4v) is 5.27. The molecule has 10 heteroatoms. The van der Waals surface area contributed by atoms with Crippen LogP contribution in [0.4, 0.5) is 9.59 Å². The molecule has 0 spiro atoms. The van der Waals surface area contributed by atoms with E-state index in [1.807, 2.05) is 0 Å². The van der Waals surface area contributed by atoms with Gasteiger partial charge in [0.05, 0.1) is 0 Å². The van der Waals surface area contributed by atoms with Crippen molar-refractivity contribution in [3.8, 4) is 0 Å². The molecule has 29 heavy (non-hydrogen) atoms. The molecule has 0 saturated carbocycles. The van der Waals surface area contributed by atoms with E-state index < -0.39 is 30.1 Å². The van der Waals surface area contributed by atoms with E-state index >= 15 is 0 Å². The summed E-state index contributed by atoms with van der Waals surface area (Å²) in [4.78, 5) is 52.6. The number of carbonyl (C=O) groups is 4. The Bertz CT molecular complexity index is 861. The van der Waals surface area contributed by atoms with E-state index in [4.69, 9.17) is 0 Å². The lowest BCUT2D eigenvalue weighted by Crippen LogP contribution is -2.68. The third-order valence-corrected chi connectivity index (χ3v) is 6.73. The lowest BCUT2D eigenvalue weighted by molar-refractivity contribution is -0.148. The van der Waals surface area contributed by atoms with E-state index in [9.17, 15) is 19.2 Å². The number of carbonyl (C=O) groups excluding carboxylic acids is 4. The fraction of sp³-hybridized carbons (Fsp3) is 0.474. The summed E-state index contributed by atoms with van der Waals surface area (Å²) in [5.41, 5.74) is 0.570. The van der Waals surface area contributed by atoms with Gasteiger partial charge >= 0.3 is 12.1 Å². The van der Waals surface area contributed by atoms with Gasteiger partial charge in [0.1, 0.15) is 17.5 Å². The Balaban J connectivity index is 1.49. The monoisotopic (exact) mass is 417 g/mol. The molecule has 3 aliphatic rings. The summed E-state index contributed by atoms with van der Waals surface area (Å²) in [5, 5.41) is 7.88. The normalized spacial score (nSPS) is 25.7. The van der Waals surface area contributed by atoms with E-state index in [-0.39, 0.29) is 22.6 Å². The summed E-state index contributed by atoms with van der Waals surface area (Å²) in [5.74, 6) is -0.592. The molecular weight excluding hydrogens is 394 g/mol. The molecule has 0 aromatic heterocycles. The van der Waals surface area contributed by atoms with Crippen LogP contribution in [0.5, 0.6) is 0 Å². The molecule has 0 bridgehead atoms. The molecule has 3 atom stereocenters. The van der Waals surface area contributed by atoms with Crippen molar-refractivity contribution in [2.75, 3.05) is 19.6 Å². The number of imide groups is 1. The van der Waals surface area contributed by atoms with Crippen LogP contribution in [0.1, 0.15) is 25.5 Å². The number of benzene rings is 1. The first-order chi connectivity index (χ1) is 13.8. The largest absolute Gasteiger partial charge is 0.340 e.